The summed E-state index contributed by atoms with van der Waals surface area (Å²) in [7, 11) is 0. The topological polar surface area (TPSA) is 70.6 Å². The van der Waals surface area contributed by atoms with Gasteiger partial charge in [0.2, 0.25) is 5.91 Å². The molecule has 5 heteroatoms. The Bertz CT molecular complexity index is 851. The first-order valence-corrected chi connectivity index (χ1v) is 9.56. The predicted octanol–water partition coefficient (Wildman–Crippen LogP) is 3.48. The first-order chi connectivity index (χ1) is 13.3. The number of carbonyl (C=O) groups excluding carboxylic acids is 1. The minimum atomic E-state index is -0.560. The van der Waals surface area contributed by atoms with Gasteiger partial charge in [0.1, 0.15) is 18.5 Å². The molecule has 2 aromatic carbocycles. The zero-order valence-corrected chi connectivity index (χ0v) is 16.7. The number of benzene rings is 2. The lowest BCUT2D eigenvalue weighted by molar-refractivity contribution is -0.115. The summed E-state index contributed by atoms with van der Waals surface area (Å²) in [4.78, 5) is 11.6. The normalized spacial score (nSPS) is 14.8. The van der Waals surface area contributed by atoms with E-state index in [0.29, 0.717) is 13.0 Å². The van der Waals surface area contributed by atoms with Crippen molar-refractivity contribution in [3.8, 4) is 5.75 Å². The minimum absolute atomic E-state index is 0.0306. The van der Waals surface area contributed by atoms with Gasteiger partial charge < -0.3 is 20.5 Å². The molecule has 5 nitrogen and oxygen atoms in total. The van der Waals surface area contributed by atoms with E-state index in [1.165, 1.54) is 0 Å². The summed E-state index contributed by atoms with van der Waals surface area (Å²) < 4.78 is 5.66. The van der Waals surface area contributed by atoms with Crippen molar-refractivity contribution in [2.45, 2.75) is 38.8 Å². The molecule has 0 aliphatic carbocycles. The lowest BCUT2D eigenvalue weighted by atomic mass is 10.0. The second-order valence-electron chi connectivity index (χ2n) is 8.10. The van der Waals surface area contributed by atoms with E-state index < -0.39 is 6.10 Å². The van der Waals surface area contributed by atoms with Crippen LogP contribution in [0.25, 0.3) is 12.2 Å². The second kappa shape index (κ2) is 8.59. The molecule has 0 bridgehead atoms. The van der Waals surface area contributed by atoms with Gasteiger partial charge in [-0.2, -0.15) is 0 Å². The van der Waals surface area contributed by atoms with Crippen molar-refractivity contribution in [1.29, 1.82) is 0 Å². The molecule has 1 atom stereocenters. The number of hydrogen-bond donors (Lipinski definition) is 3. The maximum absolute atomic E-state index is 11.6. The third-order valence-electron chi connectivity index (χ3n) is 4.47. The van der Waals surface area contributed by atoms with Crippen molar-refractivity contribution in [3.63, 3.8) is 0 Å². The molecule has 1 heterocycles. The number of fused-ring (bicyclic) bond motifs is 1. The van der Waals surface area contributed by atoms with Crippen LogP contribution in [0.2, 0.25) is 0 Å². The van der Waals surface area contributed by atoms with Crippen molar-refractivity contribution in [2.24, 2.45) is 0 Å². The van der Waals surface area contributed by atoms with Crippen LogP contribution in [-0.4, -0.2) is 35.8 Å². The molecule has 1 aliphatic heterocycles. The van der Waals surface area contributed by atoms with E-state index in [9.17, 15) is 9.90 Å². The summed E-state index contributed by atoms with van der Waals surface area (Å²) in [6.45, 7) is 6.92. The molecular formula is C23H28N2O3. The van der Waals surface area contributed by atoms with Crippen LogP contribution in [0.5, 0.6) is 5.75 Å². The number of carbonyl (C=O) groups is 1. The zero-order chi connectivity index (χ0) is 20.1. The van der Waals surface area contributed by atoms with Gasteiger partial charge in [-0.1, -0.05) is 36.4 Å². The van der Waals surface area contributed by atoms with E-state index >= 15 is 0 Å². The third kappa shape index (κ3) is 5.68. The third-order valence-corrected chi connectivity index (χ3v) is 4.47. The molecule has 28 heavy (non-hydrogen) atoms. The Hall–Kier alpha value is -2.63. The Morgan fingerprint density at radius 3 is 2.64 bits per heavy atom. The van der Waals surface area contributed by atoms with Gasteiger partial charge >= 0.3 is 0 Å². The predicted molar refractivity (Wildman–Crippen MR) is 113 cm³/mol. The number of rotatable bonds is 7. The highest BCUT2D eigenvalue weighted by Crippen LogP contribution is 2.27. The summed E-state index contributed by atoms with van der Waals surface area (Å²) in [5.74, 6) is 0.764. The first kappa shape index (κ1) is 20.1. The highest BCUT2D eigenvalue weighted by Gasteiger charge is 2.19. The summed E-state index contributed by atoms with van der Waals surface area (Å²) in [6, 6.07) is 13.6. The van der Waals surface area contributed by atoms with Gasteiger partial charge in [0.25, 0.3) is 0 Å². The van der Waals surface area contributed by atoms with Gasteiger partial charge in [-0.05, 0) is 55.7 Å². The van der Waals surface area contributed by atoms with Crippen LogP contribution in [0, 0.1) is 0 Å². The van der Waals surface area contributed by atoms with Gasteiger partial charge in [0, 0.05) is 17.8 Å². The second-order valence-corrected chi connectivity index (χ2v) is 8.10. The molecule has 0 saturated heterocycles. The van der Waals surface area contributed by atoms with Crippen molar-refractivity contribution in [2.75, 3.05) is 18.5 Å². The molecule has 3 N–H and O–H groups in total. The van der Waals surface area contributed by atoms with Gasteiger partial charge in [-0.3, -0.25) is 4.79 Å². The Morgan fingerprint density at radius 1 is 1.18 bits per heavy atom. The quantitative estimate of drug-likeness (QED) is 0.643. The molecular weight excluding hydrogens is 352 g/mol. The number of anilines is 1. The van der Waals surface area contributed by atoms with Gasteiger partial charge in [0.05, 0.1) is 6.42 Å². The molecule has 2 aromatic rings. The fourth-order valence-electron chi connectivity index (χ4n) is 2.97. The van der Waals surface area contributed by atoms with Crippen molar-refractivity contribution < 1.29 is 14.6 Å². The molecule has 0 fully saturated rings. The Labute approximate surface area is 166 Å². The van der Waals surface area contributed by atoms with Crippen molar-refractivity contribution in [1.82, 2.24) is 5.32 Å². The Kier molecular flexibility index (Phi) is 6.17. The summed E-state index contributed by atoms with van der Waals surface area (Å²) >= 11 is 0. The monoisotopic (exact) mass is 380 g/mol. The standard InChI is InChI=1S/C23H28N2O3/c1-23(2,3)24-14-18(26)15-28-19-11-8-16(9-12-19)7-10-17-5-4-6-21-20(17)13-22(27)25-21/h4-12,18,24,26H,13-15H2,1-3H3,(H,25,27)/b10-7+. The number of nitrogens with one attached hydrogen (secondary N) is 2. The summed E-state index contributed by atoms with van der Waals surface area (Å²) in [6.07, 6.45) is 3.91. The summed E-state index contributed by atoms with van der Waals surface area (Å²) in [5.41, 5.74) is 4.00. The molecule has 148 valence electrons. The largest absolute Gasteiger partial charge is 0.491 e. The van der Waals surface area contributed by atoms with E-state index in [1.54, 1.807) is 0 Å². The highest BCUT2D eigenvalue weighted by molar-refractivity contribution is 6.00. The fourth-order valence-corrected chi connectivity index (χ4v) is 2.97. The first-order valence-electron chi connectivity index (χ1n) is 9.56. The average Bonchev–Trinajstić information content (AvgIpc) is 3.04. The number of aliphatic hydroxyl groups is 1. The van der Waals surface area contributed by atoms with E-state index in [2.05, 4.69) is 31.4 Å². The number of hydrogen-bond acceptors (Lipinski definition) is 4. The van der Waals surface area contributed by atoms with Crippen molar-refractivity contribution in [3.05, 3.63) is 59.2 Å². The molecule has 0 aromatic heterocycles. The van der Waals surface area contributed by atoms with Crippen molar-refractivity contribution >= 4 is 23.7 Å². The van der Waals surface area contributed by atoms with E-state index in [1.807, 2.05) is 54.6 Å². The maximum atomic E-state index is 11.6. The van der Waals surface area contributed by atoms with Gasteiger partial charge in [0.15, 0.2) is 0 Å². The van der Waals surface area contributed by atoms with E-state index in [4.69, 9.17) is 4.74 Å². The maximum Gasteiger partial charge on any atom is 0.228 e. The van der Waals surface area contributed by atoms with Crippen LogP contribution in [0.15, 0.2) is 42.5 Å². The lowest BCUT2D eigenvalue weighted by Crippen LogP contribution is -2.42. The molecule has 1 unspecified atom stereocenters. The number of ether oxygens (including phenoxy) is 1. The number of β-amino-alcohol motifs (C(OH)–C–C–N with tert-alkyl or cyclic N) is 1. The van der Waals surface area contributed by atoms with Crippen LogP contribution in [0.1, 0.15) is 37.5 Å². The Morgan fingerprint density at radius 2 is 1.93 bits per heavy atom. The molecule has 0 spiro atoms. The molecule has 0 radical (unpaired) electrons. The molecule has 1 amide bonds. The SMILES string of the molecule is CC(C)(C)NCC(O)COc1ccc(/C=C/c2cccc3c2CC(=O)N3)cc1. The number of aliphatic hydroxyl groups excluding tert-OH is 1. The lowest BCUT2D eigenvalue weighted by Gasteiger charge is -2.22. The highest BCUT2D eigenvalue weighted by atomic mass is 16.5. The van der Waals surface area contributed by atoms with Crippen LogP contribution >= 0.6 is 0 Å². The molecule has 3 rings (SSSR count). The number of amides is 1. The smallest absolute Gasteiger partial charge is 0.228 e. The van der Waals surface area contributed by atoms with E-state index in [0.717, 1.165) is 28.1 Å². The molecule has 0 saturated carbocycles. The van der Waals surface area contributed by atoms with Gasteiger partial charge in [-0.15, -0.1) is 0 Å². The van der Waals surface area contributed by atoms with Crippen LogP contribution in [0.3, 0.4) is 0 Å². The average molecular weight is 380 g/mol. The fraction of sp³-hybridized carbons (Fsp3) is 0.348. The summed E-state index contributed by atoms with van der Waals surface area (Å²) in [5, 5.41) is 16.1. The van der Waals surface area contributed by atoms with Crippen LogP contribution < -0.4 is 15.4 Å². The van der Waals surface area contributed by atoms with Crippen LogP contribution in [-0.2, 0) is 11.2 Å². The van der Waals surface area contributed by atoms with Crippen LogP contribution in [0.4, 0.5) is 5.69 Å². The zero-order valence-electron chi connectivity index (χ0n) is 16.7. The Balaban J connectivity index is 1.55. The minimum Gasteiger partial charge on any atom is -0.491 e. The molecule has 1 aliphatic rings. The van der Waals surface area contributed by atoms with E-state index in [-0.39, 0.29) is 18.1 Å². The van der Waals surface area contributed by atoms with Gasteiger partial charge in [-0.25, -0.2) is 0 Å².